The molecule has 1 aromatic heterocycles. The van der Waals surface area contributed by atoms with Gasteiger partial charge < -0.3 is 15.4 Å². The Balaban J connectivity index is 1.56. The van der Waals surface area contributed by atoms with Gasteiger partial charge in [0.2, 0.25) is 0 Å². The van der Waals surface area contributed by atoms with Crippen molar-refractivity contribution in [2.45, 2.75) is 32.4 Å². The number of ether oxygens (including phenoxy) is 1. The highest BCUT2D eigenvalue weighted by molar-refractivity contribution is 5.21. The summed E-state index contributed by atoms with van der Waals surface area (Å²) in [6, 6.07) is 9.86. The first-order valence-electron chi connectivity index (χ1n) is 8.38. The Kier molecular flexibility index (Phi) is 5.60. The normalized spacial score (nSPS) is 15.2. The Hall–Kier alpha value is -1.92. The first-order chi connectivity index (χ1) is 11.4. The first-order valence-corrected chi connectivity index (χ1v) is 8.38. The van der Waals surface area contributed by atoms with Crippen molar-refractivity contribution < 1.29 is 4.74 Å². The molecular weight excluding hydrogens is 290 g/mol. The van der Waals surface area contributed by atoms with Crippen LogP contribution in [0.4, 0.5) is 0 Å². The summed E-state index contributed by atoms with van der Waals surface area (Å²) < 4.78 is 7.79. The maximum Gasteiger partial charge on any atom is 0.119 e. The van der Waals surface area contributed by atoms with E-state index < -0.39 is 0 Å². The summed E-state index contributed by atoms with van der Waals surface area (Å²) in [5, 5.41) is 8.50. The van der Waals surface area contributed by atoms with Crippen molar-refractivity contribution in [1.29, 1.82) is 0 Å². The number of benzene rings is 1. The van der Waals surface area contributed by atoms with E-state index in [1.807, 2.05) is 35.0 Å². The molecule has 0 spiro atoms. The van der Waals surface area contributed by atoms with E-state index in [0.29, 0.717) is 13.2 Å². The molecule has 6 nitrogen and oxygen atoms in total. The van der Waals surface area contributed by atoms with Crippen LogP contribution in [0.25, 0.3) is 0 Å². The average molecular weight is 315 g/mol. The third-order valence-electron chi connectivity index (χ3n) is 4.29. The molecule has 0 saturated carbocycles. The van der Waals surface area contributed by atoms with Crippen molar-refractivity contribution in [1.82, 2.24) is 19.9 Å². The molecule has 2 aromatic rings. The van der Waals surface area contributed by atoms with Gasteiger partial charge in [-0.3, -0.25) is 0 Å². The third-order valence-corrected chi connectivity index (χ3v) is 4.29. The highest BCUT2D eigenvalue weighted by atomic mass is 16.5. The fraction of sp³-hybridized carbons (Fsp3) is 0.529. The summed E-state index contributed by atoms with van der Waals surface area (Å²) in [5.41, 5.74) is 7.78. The molecule has 124 valence electrons. The number of nitrogens with two attached hydrogens (primary N) is 1. The molecule has 0 bridgehead atoms. The Morgan fingerprint density at radius 3 is 2.61 bits per heavy atom. The zero-order valence-electron chi connectivity index (χ0n) is 13.5. The van der Waals surface area contributed by atoms with Crippen LogP contribution >= 0.6 is 0 Å². The van der Waals surface area contributed by atoms with Crippen LogP contribution in [0.2, 0.25) is 0 Å². The van der Waals surface area contributed by atoms with E-state index in [0.717, 1.165) is 36.6 Å². The van der Waals surface area contributed by atoms with Crippen LogP contribution < -0.4 is 10.5 Å². The smallest absolute Gasteiger partial charge is 0.119 e. The molecule has 0 amide bonds. The van der Waals surface area contributed by atoms with Crippen LogP contribution in [0.15, 0.2) is 30.3 Å². The van der Waals surface area contributed by atoms with Gasteiger partial charge in [0, 0.05) is 19.5 Å². The second-order valence-electron chi connectivity index (χ2n) is 5.87. The molecule has 1 saturated heterocycles. The van der Waals surface area contributed by atoms with Crippen molar-refractivity contribution in [2.24, 2.45) is 5.73 Å². The number of aromatic nitrogens is 3. The second kappa shape index (κ2) is 8.08. The molecular formula is C17H25N5O. The minimum absolute atomic E-state index is 0.421. The number of nitrogens with zero attached hydrogens (tertiary/aromatic N) is 4. The summed E-state index contributed by atoms with van der Waals surface area (Å²) >= 11 is 0. The van der Waals surface area contributed by atoms with Crippen LogP contribution in [-0.2, 0) is 19.5 Å². The van der Waals surface area contributed by atoms with E-state index in [9.17, 15) is 0 Å². The molecule has 1 aliphatic rings. The first kappa shape index (κ1) is 16.0. The second-order valence-corrected chi connectivity index (χ2v) is 5.87. The lowest BCUT2D eigenvalue weighted by Crippen LogP contribution is -2.25. The van der Waals surface area contributed by atoms with Gasteiger partial charge in [-0.2, -0.15) is 0 Å². The minimum Gasteiger partial charge on any atom is -0.493 e. The van der Waals surface area contributed by atoms with E-state index in [-0.39, 0.29) is 0 Å². The predicted molar refractivity (Wildman–Crippen MR) is 89.2 cm³/mol. The van der Waals surface area contributed by atoms with Gasteiger partial charge in [0.25, 0.3) is 0 Å². The zero-order valence-corrected chi connectivity index (χ0v) is 13.5. The van der Waals surface area contributed by atoms with Crippen LogP contribution in [0.3, 0.4) is 0 Å². The SMILES string of the molecule is NCc1nnn(CCN2CCCC2)c1CCOc1ccccc1. The molecule has 0 aliphatic carbocycles. The van der Waals surface area contributed by atoms with Crippen molar-refractivity contribution in [3.8, 4) is 5.75 Å². The Morgan fingerprint density at radius 1 is 1.09 bits per heavy atom. The van der Waals surface area contributed by atoms with E-state index in [1.165, 1.54) is 25.9 Å². The summed E-state index contributed by atoms with van der Waals surface area (Å²) in [5.74, 6) is 0.887. The van der Waals surface area contributed by atoms with Crippen LogP contribution in [0.1, 0.15) is 24.2 Å². The average Bonchev–Trinajstić information content (AvgIpc) is 3.23. The van der Waals surface area contributed by atoms with Gasteiger partial charge in [0.1, 0.15) is 5.75 Å². The van der Waals surface area contributed by atoms with Crippen LogP contribution in [-0.4, -0.2) is 46.1 Å². The molecule has 1 aliphatic heterocycles. The van der Waals surface area contributed by atoms with Crippen LogP contribution in [0, 0.1) is 0 Å². The van der Waals surface area contributed by atoms with Gasteiger partial charge in [-0.25, -0.2) is 4.68 Å². The van der Waals surface area contributed by atoms with Crippen molar-refractivity contribution in [2.75, 3.05) is 26.2 Å². The highest BCUT2D eigenvalue weighted by Gasteiger charge is 2.15. The summed E-state index contributed by atoms with van der Waals surface area (Å²) in [7, 11) is 0. The number of hydrogen-bond donors (Lipinski definition) is 1. The van der Waals surface area contributed by atoms with E-state index >= 15 is 0 Å². The van der Waals surface area contributed by atoms with Gasteiger partial charge >= 0.3 is 0 Å². The molecule has 1 aromatic carbocycles. The molecule has 2 N–H and O–H groups in total. The van der Waals surface area contributed by atoms with Crippen molar-refractivity contribution >= 4 is 0 Å². The fourth-order valence-electron chi connectivity index (χ4n) is 3.00. The monoisotopic (exact) mass is 315 g/mol. The summed E-state index contributed by atoms with van der Waals surface area (Å²) in [6.45, 7) is 5.32. The van der Waals surface area contributed by atoms with Gasteiger partial charge in [0.15, 0.2) is 0 Å². The number of para-hydroxylation sites is 1. The molecule has 23 heavy (non-hydrogen) atoms. The van der Waals surface area contributed by atoms with E-state index in [2.05, 4.69) is 15.2 Å². The highest BCUT2D eigenvalue weighted by Crippen LogP contribution is 2.12. The summed E-state index contributed by atoms with van der Waals surface area (Å²) in [4.78, 5) is 2.48. The standard InChI is InChI=1S/C17H25N5O/c18-14-16-17(8-13-23-15-6-2-1-3-7-15)22(20-19-16)12-11-21-9-4-5-10-21/h1-3,6-7H,4-5,8-14,18H2. The number of likely N-dealkylation sites (tertiary alicyclic amines) is 1. The third kappa shape index (κ3) is 4.30. The Bertz CT molecular complexity index is 592. The van der Waals surface area contributed by atoms with Gasteiger partial charge in [0.05, 0.1) is 24.5 Å². The van der Waals surface area contributed by atoms with Crippen LogP contribution in [0.5, 0.6) is 5.75 Å². The van der Waals surface area contributed by atoms with Gasteiger partial charge in [-0.1, -0.05) is 23.4 Å². The lowest BCUT2D eigenvalue weighted by Gasteiger charge is -2.15. The molecule has 0 unspecified atom stereocenters. The molecule has 1 fully saturated rings. The van der Waals surface area contributed by atoms with Crippen molar-refractivity contribution in [3.05, 3.63) is 41.7 Å². The van der Waals surface area contributed by atoms with Crippen molar-refractivity contribution in [3.63, 3.8) is 0 Å². The zero-order chi connectivity index (χ0) is 15.9. The maximum atomic E-state index is 5.80. The topological polar surface area (TPSA) is 69.2 Å². The molecule has 3 rings (SSSR count). The summed E-state index contributed by atoms with van der Waals surface area (Å²) in [6.07, 6.45) is 3.39. The Labute approximate surface area is 137 Å². The van der Waals surface area contributed by atoms with E-state index in [4.69, 9.17) is 10.5 Å². The quantitative estimate of drug-likeness (QED) is 0.798. The minimum atomic E-state index is 0.421. The fourth-order valence-corrected chi connectivity index (χ4v) is 3.00. The molecule has 0 atom stereocenters. The van der Waals surface area contributed by atoms with E-state index in [1.54, 1.807) is 0 Å². The lowest BCUT2D eigenvalue weighted by molar-refractivity contribution is 0.300. The largest absolute Gasteiger partial charge is 0.493 e. The maximum absolute atomic E-state index is 5.80. The van der Waals surface area contributed by atoms with Gasteiger partial charge in [-0.15, -0.1) is 5.10 Å². The van der Waals surface area contributed by atoms with Gasteiger partial charge in [-0.05, 0) is 38.1 Å². The molecule has 6 heteroatoms. The lowest BCUT2D eigenvalue weighted by atomic mass is 10.2. The number of hydrogen-bond acceptors (Lipinski definition) is 5. The Morgan fingerprint density at radius 2 is 1.87 bits per heavy atom. The molecule has 2 heterocycles. The predicted octanol–water partition coefficient (Wildman–Crippen LogP) is 1.45. The number of rotatable bonds is 8. The molecule has 0 radical (unpaired) electrons.